The highest BCUT2D eigenvalue weighted by Crippen LogP contribution is 2.25. The maximum Gasteiger partial charge on any atom is 0.269 e. The number of hydrogen-bond acceptors (Lipinski definition) is 4. The predicted molar refractivity (Wildman–Crippen MR) is 126 cm³/mol. The van der Waals surface area contributed by atoms with Gasteiger partial charge in [-0.3, -0.25) is 25.8 Å². The average Bonchev–Trinajstić information content (AvgIpc) is 2.75. The molecule has 2 amide bonds. The Morgan fingerprint density at radius 2 is 1.58 bits per heavy atom. The molecular formula is C24H25N3O3S. The number of carbonyl (C=O) groups excluding carboxylic acids is 2. The minimum Gasteiger partial charge on any atom is -0.483 e. The van der Waals surface area contributed by atoms with Gasteiger partial charge >= 0.3 is 0 Å². The van der Waals surface area contributed by atoms with Gasteiger partial charge in [-0.1, -0.05) is 69.3 Å². The molecule has 0 bridgehead atoms. The van der Waals surface area contributed by atoms with Crippen molar-refractivity contribution in [3.63, 3.8) is 0 Å². The summed E-state index contributed by atoms with van der Waals surface area (Å²) in [5, 5.41) is 4.40. The highest BCUT2D eigenvalue weighted by molar-refractivity contribution is 7.80. The first-order valence-corrected chi connectivity index (χ1v) is 10.3. The first-order chi connectivity index (χ1) is 14.7. The highest BCUT2D eigenvalue weighted by atomic mass is 32.1. The lowest BCUT2D eigenvalue weighted by molar-refractivity contribution is -0.121. The second kappa shape index (κ2) is 9.57. The second-order valence-electron chi connectivity index (χ2n) is 8.05. The zero-order valence-electron chi connectivity index (χ0n) is 17.7. The number of carbonyl (C=O) groups is 2. The Morgan fingerprint density at radius 3 is 2.29 bits per heavy atom. The van der Waals surface area contributed by atoms with E-state index in [0.29, 0.717) is 11.3 Å². The van der Waals surface area contributed by atoms with Crippen molar-refractivity contribution in [1.82, 2.24) is 16.2 Å². The van der Waals surface area contributed by atoms with E-state index in [2.05, 4.69) is 36.9 Å². The van der Waals surface area contributed by atoms with Crippen LogP contribution in [0.3, 0.4) is 0 Å². The molecule has 0 aliphatic rings. The minimum atomic E-state index is -0.436. The van der Waals surface area contributed by atoms with Crippen LogP contribution in [-0.4, -0.2) is 23.5 Å². The third-order valence-electron chi connectivity index (χ3n) is 4.66. The van der Waals surface area contributed by atoms with Crippen LogP contribution >= 0.6 is 12.2 Å². The molecule has 0 heterocycles. The molecule has 3 N–H and O–H groups in total. The molecule has 160 valence electrons. The van der Waals surface area contributed by atoms with E-state index < -0.39 is 5.91 Å². The molecule has 6 nitrogen and oxygen atoms in total. The molecule has 0 aliphatic heterocycles. The van der Waals surface area contributed by atoms with Gasteiger partial charge in [-0.15, -0.1) is 0 Å². The predicted octanol–water partition coefficient (Wildman–Crippen LogP) is 3.85. The van der Waals surface area contributed by atoms with E-state index in [-0.39, 0.29) is 23.0 Å². The number of amides is 2. The van der Waals surface area contributed by atoms with E-state index in [1.54, 1.807) is 18.2 Å². The molecule has 0 radical (unpaired) electrons. The Bertz CT molecular complexity index is 1100. The summed E-state index contributed by atoms with van der Waals surface area (Å²) in [6.45, 7) is 6.11. The van der Waals surface area contributed by atoms with Gasteiger partial charge in [-0.25, -0.2) is 0 Å². The van der Waals surface area contributed by atoms with Gasteiger partial charge in [0.15, 0.2) is 11.7 Å². The standard InChI is InChI=1S/C24H25N3O3S/c1-24(2,3)18-13-11-17(12-14-18)22(29)26-27-23(31)25-21(28)15-30-20-10-6-8-16-7-4-5-9-19(16)20/h4-14H,15H2,1-3H3,(H,26,29)(H2,25,27,28,31). The number of nitrogens with one attached hydrogen (secondary N) is 3. The van der Waals surface area contributed by atoms with Crippen LogP contribution in [0.4, 0.5) is 0 Å². The first-order valence-electron chi connectivity index (χ1n) is 9.85. The van der Waals surface area contributed by atoms with Crippen LogP contribution < -0.4 is 20.9 Å². The van der Waals surface area contributed by atoms with Crippen LogP contribution in [0.2, 0.25) is 0 Å². The molecule has 0 saturated carbocycles. The van der Waals surface area contributed by atoms with Gasteiger partial charge in [0.05, 0.1) is 0 Å². The molecule has 0 aromatic heterocycles. The van der Waals surface area contributed by atoms with Gasteiger partial charge < -0.3 is 4.74 Å². The van der Waals surface area contributed by atoms with E-state index in [1.807, 2.05) is 48.5 Å². The Labute approximate surface area is 187 Å². The maximum absolute atomic E-state index is 12.3. The fraction of sp³-hybridized carbons (Fsp3) is 0.208. The Balaban J connectivity index is 1.47. The Morgan fingerprint density at radius 1 is 0.903 bits per heavy atom. The van der Waals surface area contributed by atoms with E-state index in [0.717, 1.165) is 16.3 Å². The fourth-order valence-corrected chi connectivity index (χ4v) is 3.13. The third kappa shape index (κ3) is 6.02. The molecule has 0 fully saturated rings. The lowest BCUT2D eigenvalue weighted by Gasteiger charge is -2.19. The number of hydrogen-bond donors (Lipinski definition) is 3. The number of benzene rings is 3. The van der Waals surface area contributed by atoms with E-state index >= 15 is 0 Å². The fourth-order valence-electron chi connectivity index (χ4n) is 2.97. The molecule has 0 unspecified atom stereocenters. The zero-order valence-corrected chi connectivity index (χ0v) is 18.5. The molecule has 0 saturated heterocycles. The summed E-state index contributed by atoms with van der Waals surface area (Å²) in [4.78, 5) is 24.4. The summed E-state index contributed by atoms with van der Waals surface area (Å²) in [6, 6.07) is 20.7. The van der Waals surface area contributed by atoms with Crippen molar-refractivity contribution < 1.29 is 14.3 Å². The van der Waals surface area contributed by atoms with Gasteiger partial charge in [0.2, 0.25) is 0 Å². The lowest BCUT2D eigenvalue weighted by Crippen LogP contribution is -2.49. The minimum absolute atomic E-state index is 0.00715. The third-order valence-corrected chi connectivity index (χ3v) is 4.87. The van der Waals surface area contributed by atoms with Crippen molar-refractivity contribution in [3.8, 4) is 5.75 Å². The molecule has 3 rings (SSSR count). The van der Waals surface area contributed by atoms with Crippen molar-refractivity contribution in [1.29, 1.82) is 0 Å². The molecule has 0 spiro atoms. The summed E-state index contributed by atoms with van der Waals surface area (Å²) in [7, 11) is 0. The number of thiocarbonyl (C=S) groups is 1. The van der Waals surface area contributed by atoms with Crippen LogP contribution in [0.5, 0.6) is 5.75 Å². The Hall–Kier alpha value is -3.45. The highest BCUT2D eigenvalue weighted by Gasteiger charge is 2.14. The van der Waals surface area contributed by atoms with Crippen LogP contribution in [0.25, 0.3) is 10.8 Å². The summed E-state index contributed by atoms with van der Waals surface area (Å²) in [5.41, 5.74) is 6.62. The summed E-state index contributed by atoms with van der Waals surface area (Å²) in [6.07, 6.45) is 0. The molecule has 0 aliphatic carbocycles. The number of rotatable bonds is 4. The number of ether oxygens (including phenoxy) is 1. The van der Waals surface area contributed by atoms with Gasteiger partial charge in [-0.05, 0) is 46.8 Å². The van der Waals surface area contributed by atoms with Crippen molar-refractivity contribution in [2.24, 2.45) is 0 Å². The molecule has 31 heavy (non-hydrogen) atoms. The maximum atomic E-state index is 12.3. The molecule has 3 aromatic rings. The average molecular weight is 436 g/mol. The Kier molecular flexibility index (Phi) is 6.87. The van der Waals surface area contributed by atoms with Crippen molar-refractivity contribution in [2.45, 2.75) is 26.2 Å². The topological polar surface area (TPSA) is 79.5 Å². The summed E-state index contributed by atoms with van der Waals surface area (Å²) < 4.78 is 5.63. The SMILES string of the molecule is CC(C)(C)c1ccc(C(=O)NNC(=S)NC(=O)COc2cccc3ccccc23)cc1. The smallest absolute Gasteiger partial charge is 0.269 e. The van der Waals surface area contributed by atoms with Gasteiger partial charge in [0, 0.05) is 10.9 Å². The van der Waals surface area contributed by atoms with Gasteiger partial charge in [0.1, 0.15) is 5.75 Å². The molecule has 7 heteroatoms. The number of hydrazine groups is 1. The summed E-state index contributed by atoms with van der Waals surface area (Å²) in [5.74, 6) is -0.183. The van der Waals surface area contributed by atoms with Crippen molar-refractivity contribution in [3.05, 3.63) is 77.9 Å². The largest absolute Gasteiger partial charge is 0.483 e. The summed E-state index contributed by atoms with van der Waals surface area (Å²) >= 11 is 5.06. The molecule has 0 atom stereocenters. The quantitative estimate of drug-likeness (QED) is 0.429. The van der Waals surface area contributed by atoms with Gasteiger partial charge in [-0.2, -0.15) is 0 Å². The number of fused-ring (bicyclic) bond motifs is 1. The van der Waals surface area contributed by atoms with Crippen LogP contribution in [0, 0.1) is 0 Å². The second-order valence-corrected chi connectivity index (χ2v) is 8.46. The first kappa shape index (κ1) is 22.2. The van der Waals surface area contributed by atoms with Crippen LogP contribution in [0.1, 0.15) is 36.7 Å². The van der Waals surface area contributed by atoms with E-state index in [4.69, 9.17) is 17.0 Å². The molecule has 3 aromatic carbocycles. The lowest BCUT2D eigenvalue weighted by atomic mass is 9.87. The van der Waals surface area contributed by atoms with Gasteiger partial charge in [0.25, 0.3) is 11.8 Å². The zero-order chi connectivity index (χ0) is 22.4. The van der Waals surface area contributed by atoms with Crippen molar-refractivity contribution in [2.75, 3.05) is 6.61 Å². The van der Waals surface area contributed by atoms with Crippen LogP contribution in [0.15, 0.2) is 66.7 Å². The van der Waals surface area contributed by atoms with E-state index in [9.17, 15) is 9.59 Å². The van der Waals surface area contributed by atoms with E-state index in [1.165, 1.54) is 0 Å². The van der Waals surface area contributed by atoms with Crippen molar-refractivity contribution >= 4 is 39.9 Å². The monoisotopic (exact) mass is 435 g/mol. The molecular weight excluding hydrogens is 410 g/mol. The normalized spacial score (nSPS) is 10.9. The van der Waals surface area contributed by atoms with Crippen LogP contribution in [-0.2, 0) is 10.2 Å².